The quantitative estimate of drug-likeness (QED) is 0.825. The fourth-order valence-electron chi connectivity index (χ4n) is 1.74. The molecule has 2 aromatic rings. The molecule has 0 aliphatic rings. The van der Waals surface area contributed by atoms with Gasteiger partial charge in [0.1, 0.15) is 0 Å². The Hall–Kier alpha value is -2.10. The first-order chi connectivity index (χ1) is 7.61. The normalized spacial score (nSPS) is 10.4. The zero-order valence-electron chi connectivity index (χ0n) is 9.27. The molecule has 0 unspecified atom stereocenters. The Morgan fingerprint density at radius 3 is 2.75 bits per heavy atom. The van der Waals surface area contributed by atoms with Crippen LogP contribution in [0, 0.1) is 6.92 Å². The summed E-state index contributed by atoms with van der Waals surface area (Å²) < 4.78 is 1.94. The summed E-state index contributed by atoms with van der Waals surface area (Å²) in [6, 6.07) is 5.61. The molecule has 4 nitrogen and oxygen atoms in total. The van der Waals surface area contributed by atoms with E-state index in [-0.39, 0.29) is 0 Å². The third kappa shape index (κ3) is 1.58. The number of rotatable bonds is 2. The lowest BCUT2D eigenvalue weighted by molar-refractivity contribution is 0.0999. The lowest BCUT2D eigenvalue weighted by atomic mass is 10.2. The van der Waals surface area contributed by atoms with Crippen LogP contribution < -0.4 is 5.73 Å². The maximum atomic E-state index is 11.2. The molecule has 0 radical (unpaired) electrons. The molecule has 0 aliphatic heterocycles. The van der Waals surface area contributed by atoms with E-state index in [2.05, 4.69) is 4.98 Å². The molecular weight excluding hydrogens is 202 g/mol. The highest BCUT2D eigenvalue weighted by molar-refractivity contribution is 5.95. The summed E-state index contributed by atoms with van der Waals surface area (Å²) in [5.74, 6) is -0.400. The van der Waals surface area contributed by atoms with Gasteiger partial charge < -0.3 is 10.3 Å². The second kappa shape index (κ2) is 3.81. The monoisotopic (exact) mass is 215 g/mol. The lowest BCUT2D eigenvalue weighted by Gasteiger charge is -2.04. The lowest BCUT2D eigenvalue weighted by Crippen LogP contribution is -2.11. The van der Waals surface area contributed by atoms with Gasteiger partial charge in [-0.05, 0) is 25.1 Å². The Kier molecular flexibility index (Phi) is 2.48. The average Bonchev–Trinajstić information content (AvgIpc) is 2.58. The van der Waals surface area contributed by atoms with E-state index in [1.807, 2.05) is 30.7 Å². The molecular formula is C12H13N3O. The second-order valence-electron chi connectivity index (χ2n) is 3.69. The van der Waals surface area contributed by atoms with Gasteiger partial charge in [0.15, 0.2) is 0 Å². The van der Waals surface area contributed by atoms with Crippen molar-refractivity contribution in [1.82, 2.24) is 9.55 Å². The highest BCUT2D eigenvalue weighted by Crippen LogP contribution is 2.23. The van der Waals surface area contributed by atoms with Crippen molar-refractivity contribution >= 4 is 5.91 Å². The maximum Gasteiger partial charge on any atom is 0.250 e. The van der Waals surface area contributed by atoms with Crippen molar-refractivity contribution in [2.75, 3.05) is 0 Å². The maximum absolute atomic E-state index is 11.2. The van der Waals surface area contributed by atoms with Gasteiger partial charge >= 0.3 is 0 Å². The number of carbonyl (C=O) groups is 1. The summed E-state index contributed by atoms with van der Waals surface area (Å²) in [6.07, 6.45) is 3.48. The van der Waals surface area contributed by atoms with Gasteiger partial charge in [-0.3, -0.25) is 9.78 Å². The van der Waals surface area contributed by atoms with Gasteiger partial charge in [-0.25, -0.2) is 0 Å². The highest BCUT2D eigenvalue weighted by atomic mass is 16.1. The molecule has 2 N–H and O–H groups in total. The molecule has 16 heavy (non-hydrogen) atoms. The van der Waals surface area contributed by atoms with Gasteiger partial charge in [0.25, 0.3) is 5.91 Å². The van der Waals surface area contributed by atoms with E-state index in [9.17, 15) is 4.79 Å². The van der Waals surface area contributed by atoms with E-state index in [0.717, 1.165) is 17.0 Å². The summed E-state index contributed by atoms with van der Waals surface area (Å²) in [6.45, 7) is 1.87. The van der Waals surface area contributed by atoms with Crippen molar-refractivity contribution in [2.45, 2.75) is 6.92 Å². The average molecular weight is 215 g/mol. The standard InChI is InChI=1S/C12H13N3O/c1-8-10(12(13)16)6-11(15(8)2)9-4-3-5-14-7-9/h3-7H,1-2H3,(H2,13,16). The molecule has 1 amide bonds. The SMILES string of the molecule is Cc1c(C(N)=O)cc(-c2cccnc2)n1C. The van der Waals surface area contributed by atoms with Crippen LogP contribution in [0.25, 0.3) is 11.3 Å². The summed E-state index contributed by atoms with van der Waals surface area (Å²) in [5, 5.41) is 0. The smallest absolute Gasteiger partial charge is 0.250 e. The summed E-state index contributed by atoms with van der Waals surface area (Å²) in [7, 11) is 1.91. The van der Waals surface area contributed by atoms with Gasteiger partial charge in [-0.1, -0.05) is 0 Å². The van der Waals surface area contributed by atoms with Crippen molar-refractivity contribution in [2.24, 2.45) is 12.8 Å². The van der Waals surface area contributed by atoms with Crippen LogP contribution >= 0.6 is 0 Å². The zero-order chi connectivity index (χ0) is 11.7. The molecule has 2 rings (SSSR count). The van der Waals surface area contributed by atoms with E-state index in [0.29, 0.717) is 5.56 Å². The zero-order valence-corrected chi connectivity index (χ0v) is 9.27. The molecule has 82 valence electrons. The van der Waals surface area contributed by atoms with Crippen molar-refractivity contribution in [3.63, 3.8) is 0 Å². The van der Waals surface area contributed by atoms with Crippen LogP contribution in [0.1, 0.15) is 16.1 Å². The molecule has 4 heteroatoms. The minimum Gasteiger partial charge on any atom is -0.366 e. The Morgan fingerprint density at radius 1 is 1.50 bits per heavy atom. The minimum atomic E-state index is -0.400. The number of nitrogens with two attached hydrogens (primary N) is 1. The number of hydrogen-bond donors (Lipinski definition) is 1. The number of hydrogen-bond acceptors (Lipinski definition) is 2. The Bertz CT molecular complexity index is 529. The van der Waals surface area contributed by atoms with Gasteiger partial charge in [-0.15, -0.1) is 0 Å². The third-order valence-corrected chi connectivity index (χ3v) is 2.76. The van der Waals surface area contributed by atoms with Crippen LogP contribution in [-0.4, -0.2) is 15.5 Å². The van der Waals surface area contributed by atoms with Crippen molar-refractivity contribution in [3.8, 4) is 11.3 Å². The number of amides is 1. The first kappa shape index (κ1) is 10.4. The van der Waals surface area contributed by atoms with Crippen molar-refractivity contribution < 1.29 is 4.79 Å². The highest BCUT2D eigenvalue weighted by Gasteiger charge is 2.13. The molecule has 0 aliphatic carbocycles. The predicted molar refractivity (Wildman–Crippen MR) is 61.9 cm³/mol. The Balaban J connectivity index is 2.60. The number of nitrogens with zero attached hydrogens (tertiary/aromatic N) is 2. The molecule has 0 bridgehead atoms. The predicted octanol–water partition coefficient (Wildman–Crippen LogP) is 1.49. The molecule has 0 atom stereocenters. The van der Waals surface area contributed by atoms with Crippen LogP contribution in [-0.2, 0) is 7.05 Å². The van der Waals surface area contributed by atoms with E-state index in [1.54, 1.807) is 18.5 Å². The second-order valence-corrected chi connectivity index (χ2v) is 3.69. The number of primary amides is 1. The van der Waals surface area contributed by atoms with Gasteiger partial charge in [-0.2, -0.15) is 0 Å². The van der Waals surface area contributed by atoms with Gasteiger partial charge in [0.2, 0.25) is 0 Å². The number of carbonyl (C=O) groups excluding carboxylic acids is 1. The molecule has 0 spiro atoms. The molecule has 0 aromatic carbocycles. The first-order valence-electron chi connectivity index (χ1n) is 4.97. The fraction of sp³-hybridized carbons (Fsp3) is 0.167. The van der Waals surface area contributed by atoms with Crippen LogP contribution in [0.4, 0.5) is 0 Å². The summed E-state index contributed by atoms with van der Waals surface area (Å²) >= 11 is 0. The Morgan fingerprint density at radius 2 is 2.25 bits per heavy atom. The molecule has 2 aromatic heterocycles. The van der Waals surface area contributed by atoms with Crippen LogP contribution in [0.15, 0.2) is 30.6 Å². The van der Waals surface area contributed by atoms with Crippen LogP contribution in [0.2, 0.25) is 0 Å². The van der Waals surface area contributed by atoms with E-state index in [4.69, 9.17) is 5.73 Å². The topological polar surface area (TPSA) is 60.9 Å². The summed E-state index contributed by atoms with van der Waals surface area (Å²) in [5.41, 5.74) is 8.65. The number of pyridine rings is 1. The van der Waals surface area contributed by atoms with Crippen LogP contribution in [0.3, 0.4) is 0 Å². The van der Waals surface area contributed by atoms with Crippen molar-refractivity contribution in [3.05, 3.63) is 41.9 Å². The van der Waals surface area contributed by atoms with Gasteiger partial charge in [0, 0.05) is 30.7 Å². The molecule has 0 saturated heterocycles. The fourth-order valence-corrected chi connectivity index (χ4v) is 1.74. The molecule has 2 heterocycles. The summed E-state index contributed by atoms with van der Waals surface area (Å²) in [4.78, 5) is 15.3. The Labute approximate surface area is 93.7 Å². The van der Waals surface area contributed by atoms with E-state index in [1.165, 1.54) is 0 Å². The third-order valence-electron chi connectivity index (χ3n) is 2.76. The number of aromatic nitrogens is 2. The molecule has 0 fully saturated rings. The van der Waals surface area contributed by atoms with Crippen LogP contribution in [0.5, 0.6) is 0 Å². The van der Waals surface area contributed by atoms with E-state index < -0.39 is 5.91 Å². The van der Waals surface area contributed by atoms with E-state index >= 15 is 0 Å². The minimum absolute atomic E-state index is 0.400. The molecule has 0 saturated carbocycles. The first-order valence-corrected chi connectivity index (χ1v) is 4.97. The van der Waals surface area contributed by atoms with Gasteiger partial charge in [0.05, 0.1) is 11.3 Å². The largest absolute Gasteiger partial charge is 0.366 e. The van der Waals surface area contributed by atoms with Crippen molar-refractivity contribution in [1.29, 1.82) is 0 Å².